The summed E-state index contributed by atoms with van der Waals surface area (Å²) in [6, 6.07) is 16.6. The van der Waals surface area contributed by atoms with Crippen molar-refractivity contribution in [2.45, 2.75) is 37.4 Å². The van der Waals surface area contributed by atoms with Gasteiger partial charge in [-0.3, -0.25) is 0 Å². The lowest BCUT2D eigenvalue weighted by Crippen LogP contribution is -2.45. The van der Waals surface area contributed by atoms with Crippen molar-refractivity contribution in [3.63, 3.8) is 0 Å². The van der Waals surface area contributed by atoms with Crippen molar-refractivity contribution in [2.24, 2.45) is 0 Å². The molecule has 38 heavy (non-hydrogen) atoms. The molecule has 200 valence electrons. The van der Waals surface area contributed by atoms with Crippen LogP contribution in [0.4, 0.5) is 24.9 Å². The number of thiocarbonyl (C=S) groups is 1. The molecule has 0 atom stereocenters. The molecule has 0 bridgehead atoms. The fourth-order valence-electron chi connectivity index (χ4n) is 5.02. The van der Waals surface area contributed by atoms with Gasteiger partial charge in [-0.15, -0.1) is 0 Å². The SMILES string of the molecule is FC(F)(F)c1cc(N2CCc3ccccc3C2)nc(NC(=S)NCC2(c3ccc(Cl)cc3)CCOCC2)n1. The first-order valence-electron chi connectivity index (χ1n) is 12.4. The lowest BCUT2D eigenvalue weighted by molar-refractivity contribution is -0.141. The van der Waals surface area contributed by atoms with Gasteiger partial charge in [0, 0.05) is 49.4 Å². The zero-order valence-electron chi connectivity index (χ0n) is 20.5. The van der Waals surface area contributed by atoms with Crippen LogP contribution in [0.1, 0.15) is 35.2 Å². The lowest BCUT2D eigenvalue weighted by Gasteiger charge is -2.38. The van der Waals surface area contributed by atoms with Crippen molar-refractivity contribution in [3.8, 4) is 0 Å². The van der Waals surface area contributed by atoms with E-state index in [1.165, 1.54) is 5.56 Å². The molecule has 2 aliphatic heterocycles. The quantitative estimate of drug-likeness (QED) is 0.385. The molecule has 0 spiro atoms. The van der Waals surface area contributed by atoms with E-state index >= 15 is 0 Å². The van der Waals surface area contributed by atoms with Crippen LogP contribution in [0.5, 0.6) is 0 Å². The molecule has 11 heteroatoms. The molecule has 0 radical (unpaired) electrons. The monoisotopic (exact) mass is 561 g/mol. The summed E-state index contributed by atoms with van der Waals surface area (Å²) in [6.07, 6.45) is -2.37. The smallest absolute Gasteiger partial charge is 0.381 e. The predicted molar refractivity (Wildman–Crippen MR) is 146 cm³/mol. The van der Waals surface area contributed by atoms with Crippen LogP contribution in [0.3, 0.4) is 0 Å². The van der Waals surface area contributed by atoms with Crippen LogP contribution < -0.4 is 15.5 Å². The van der Waals surface area contributed by atoms with E-state index in [9.17, 15) is 13.2 Å². The third kappa shape index (κ3) is 6.03. The number of anilines is 2. The van der Waals surface area contributed by atoms with Crippen molar-refractivity contribution in [1.29, 1.82) is 0 Å². The topological polar surface area (TPSA) is 62.3 Å². The van der Waals surface area contributed by atoms with Gasteiger partial charge in [0.1, 0.15) is 5.82 Å². The largest absolute Gasteiger partial charge is 0.433 e. The number of alkyl halides is 3. The Hall–Kier alpha value is -2.95. The van der Waals surface area contributed by atoms with Gasteiger partial charge in [-0.2, -0.15) is 18.2 Å². The summed E-state index contributed by atoms with van der Waals surface area (Å²) in [5.41, 5.74) is 2.09. The van der Waals surface area contributed by atoms with Crippen LogP contribution in [0.2, 0.25) is 5.02 Å². The summed E-state index contributed by atoms with van der Waals surface area (Å²) in [7, 11) is 0. The molecule has 3 heterocycles. The van der Waals surface area contributed by atoms with Gasteiger partial charge in [0.05, 0.1) is 0 Å². The number of nitrogens with zero attached hydrogens (tertiary/aromatic N) is 3. The maximum Gasteiger partial charge on any atom is 0.433 e. The van der Waals surface area contributed by atoms with Crippen molar-refractivity contribution in [3.05, 3.63) is 82.0 Å². The molecule has 1 fully saturated rings. The van der Waals surface area contributed by atoms with Gasteiger partial charge in [-0.25, -0.2) is 4.98 Å². The Kier molecular flexibility index (Phi) is 7.74. The average molecular weight is 562 g/mol. The minimum Gasteiger partial charge on any atom is -0.381 e. The summed E-state index contributed by atoms with van der Waals surface area (Å²) in [5, 5.41) is 6.77. The second-order valence-corrected chi connectivity index (χ2v) is 10.4. The minimum atomic E-state index is -4.63. The van der Waals surface area contributed by atoms with Crippen LogP contribution in [-0.2, 0) is 29.3 Å². The number of hydrogen-bond donors (Lipinski definition) is 2. The normalized spacial score (nSPS) is 17.0. The fraction of sp³-hybridized carbons (Fsp3) is 0.370. The number of ether oxygens (including phenoxy) is 1. The Morgan fingerprint density at radius 3 is 2.47 bits per heavy atom. The van der Waals surface area contributed by atoms with Crippen LogP contribution >= 0.6 is 23.8 Å². The maximum absolute atomic E-state index is 13.7. The number of benzene rings is 2. The Morgan fingerprint density at radius 2 is 1.76 bits per heavy atom. The van der Waals surface area contributed by atoms with Gasteiger partial charge >= 0.3 is 6.18 Å². The molecule has 0 saturated carbocycles. The number of fused-ring (bicyclic) bond motifs is 1. The van der Waals surface area contributed by atoms with E-state index in [1.54, 1.807) is 0 Å². The van der Waals surface area contributed by atoms with Crippen LogP contribution in [0.25, 0.3) is 0 Å². The Bertz CT molecular complexity index is 1300. The first-order valence-corrected chi connectivity index (χ1v) is 13.2. The van der Waals surface area contributed by atoms with Gasteiger partial charge in [-0.05, 0) is 60.3 Å². The van der Waals surface area contributed by atoms with Gasteiger partial charge < -0.3 is 20.3 Å². The van der Waals surface area contributed by atoms with E-state index in [0.29, 0.717) is 37.9 Å². The highest BCUT2D eigenvalue weighted by Crippen LogP contribution is 2.35. The molecule has 5 rings (SSSR count). The Morgan fingerprint density at radius 1 is 1.05 bits per heavy atom. The molecule has 2 N–H and O–H groups in total. The summed E-state index contributed by atoms with van der Waals surface area (Å²) in [5.74, 6) is 0.00731. The molecule has 6 nitrogen and oxygen atoms in total. The summed E-state index contributed by atoms with van der Waals surface area (Å²) < 4.78 is 46.8. The van der Waals surface area contributed by atoms with Gasteiger partial charge in [0.25, 0.3) is 0 Å². The van der Waals surface area contributed by atoms with Crippen LogP contribution in [0.15, 0.2) is 54.6 Å². The molecule has 0 amide bonds. The average Bonchev–Trinajstić information content (AvgIpc) is 2.92. The van der Waals surface area contributed by atoms with Crippen molar-refractivity contribution in [2.75, 3.05) is 36.5 Å². The second-order valence-electron chi connectivity index (χ2n) is 9.58. The van der Waals surface area contributed by atoms with E-state index < -0.39 is 11.9 Å². The molecular formula is C27H27ClF3N5OS. The number of halogens is 4. The zero-order valence-corrected chi connectivity index (χ0v) is 22.1. The minimum absolute atomic E-state index is 0.152. The Labute approximate surface area is 229 Å². The molecular weight excluding hydrogens is 535 g/mol. The molecule has 0 aliphatic carbocycles. The zero-order chi connectivity index (χ0) is 26.8. The van der Waals surface area contributed by atoms with Crippen LogP contribution in [-0.4, -0.2) is 41.4 Å². The van der Waals surface area contributed by atoms with Crippen molar-refractivity contribution < 1.29 is 17.9 Å². The van der Waals surface area contributed by atoms with Crippen molar-refractivity contribution >= 4 is 40.7 Å². The predicted octanol–water partition coefficient (Wildman–Crippen LogP) is 5.75. The van der Waals surface area contributed by atoms with E-state index in [-0.39, 0.29) is 22.3 Å². The van der Waals surface area contributed by atoms with Crippen molar-refractivity contribution in [1.82, 2.24) is 15.3 Å². The van der Waals surface area contributed by atoms with E-state index in [1.807, 2.05) is 53.4 Å². The number of aromatic nitrogens is 2. The standard InChI is InChI=1S/C27H27ClF3N5OS/c28-21-7-5-20(6-8-21)26(10-13-37-14-11-26)17-32-25(38)35-24-33-22(27(29,30)31)15-23(34-24)36-12-9-18-3-1-2-4-19(18)16-36/h1-8,15H,9-14,16-17H2,(H2,32,33,34,35,38). The molecule has 1 saturated heterocycles. The number of nitrogens with one attached hydrogen (secondary N) is 2. The summed E-state index contributed by atoms with van der Waals surface area (Å²) >= 11 is 11.5. The molecule has 3 aromatic rings. The number of hydrogen-bond acceptors (Lipinski definition) is 5. The number of rotatable bonds is 5. The third-order valence-electron chi connectivity index (χ3n) is 7.18. The molecule has 2 aromatic carbocycles. The van der Waals surface area contributed by atoms with E-state index in [4.69, 9.17) is 28.6 Å². The third-order valence-corrected chi connectivity index (χ3v) is 7.68. The Balaban J connectivity index is 1.33. The summed E-state index contributed by atoms with van der Waals surface area (Å²) in [6.45, 7) is 2.70. The highest BCUT2D eigenvalue weighted by Gasteiger charge is 2.36. The first-order chi connectivity index (χ1) is 18.2. The second kappa shape index (κ2) is 11.0. The van der Waals surface area contributed by atoms with Crippen LogP contribution in [0, 0.1) is 0 Å². The molecule has 2 aliphatic rings. The van der Waals surface area contributed by atoms with E-state index in [0.717, 1.165) is 36.5 Å². The summed E-state index contributed by atoms with van der Waals surface area (Å²) in [4.78, 5) is 9.96. The lowest BCUT2D eigenvalue weighted by atomic mass is 9.74. The first kappa shape index (κ1) is 26.6. The molecule has 1 aromatic heterocycles. The highest BCUT2D eigenvalue weighted by atomic mass is 35.5. The van der Waals surface area contributed by atoms with E-state index in [2.05, 4.69) is 20.6 Å². The fourth-order valence-corrected chi connectivity index (χ4v) is 5.31. The molecule has 0 unspecified atom stereocenters. The van der Waals surface area contributed by atoms with Gasteiger partial charge in [0.15, 0.2) is 10.8 Å². The maximum atomic E-state index is 13.7. The highest BCUT2D eigenvalue weighted by molar-refractivity contribution is 7.80. The van der Waals surface area contributed by atoms with Gasteiger partial charge in [-0.1, -0.05) is 48.0 Å². The van der Waals surface area contributed by atoms with Gasteiger partial charge in [0.2, 0.25) is 5.95 Å².